The van der Waals surface area contributed by atoms with Gasteiger partial charge in [-0.1, -0.05) is 0 Å². The molecule has 0 aromatic rings. The summed E-state index contributed by atoms with van der Waals surface area (Å²) in [7, 11) is -10.1. The molecule has 0 spiro atoms. The summed E-state index contributed by atoms with van der Waals surface area (Å²) in [4.78, 5) is 24.9. The molecule has 0 heterocycles. The first-order chi connectivity index (χ1) is 6.16. The van der Waals surface area contributed by atoms with E-state index in [-0.39, 0.29) is 51.4 Å². The van der Waals surface area contributed by atoms with E-state index in [1.54, 1.807) is 0 Å². The molecule has 0 bridgehead atoms. The van der Waals surface area contributed by atoms with E-state index in [4.69, 9.17) is 24.9 Å². The molecule has 0 saturated carbocycles. The molecule has 5 N–H and O–H groups in total. The Hall–Kier alpha value is 1.82. The van der Waals surface area contributed by atoms with Gasteiger partial charge >= 0.3 is 67.0 Å². The van der Waals surface area contributed by atoms with Crippen molar-refractivity contribution in [3.63, 3.8) is 0 Å². The maximum atomic E-state index is 10.7. The van der Waals surface area contributed by atoms with Gasteiger partial charge in [0.25, 0.3) is 0 Å². The molecule has 0 aliphatic rings. The quantitative estimate of drug-likeness (QED) is 0.274. The molecule has 0 rings (SSSR count). The second-order valence-corrected chi connectivity index (χ2v) is 5.00. The van der Waals surface area contributed by atoms with Crippen molar-refractivity contribution in [1.82, 2.24) is 0 Å². The summed E-state index contributed by atoms with van der Waals surface area (Å²) in [5.41, 5.74) is 0. The predicted molar refractivity (Wildman–Crippen MR) is 49.1 cm³/mol. The van der Waals surface area contributed by atoms with Crippen LogP contribution in [0.15, 0.2) is 0 Å². The van der Waals surface area contributed by atoms with Gasteiger partial charge in [0.2, 0.25) is 0 Å². The molecule has 0 saturated heterocycles. The standard InChI is InChI=1S/C3H10O9P2.K.H/c4-1-3(5)2-11-14(9,10)12-13(6,7)8;;/h3-5H,1-2H2,(H,9,10)(H2,6,7,8);;. The molecular formula is C3H11KO9P2. The van der Waals surface area contributed by atoms with E-state index in [0.717, 1.165) is 0 Å². The predicted octanol–water partition coefficient (Wildman–Crippen LogP) is -2.08. The number of hydrogen-bond acceptors (Lipinski definition) is 6. The van der Waals surface area contributed by atoms with E-state index < -0.39 is 35.0 Å². The number of hydrogen-bond donors (Lipinski definition) is 5. The molecule has 0 aromatic heterocycles. The van der Waals surface area contributed by atoms with Crippen LogP contribution in [0.2, 0.25) is 0 Å². The van der Waals surface area contributed by atoms with Crippen molar-refractivity contribution < 1.29 is 42.9 Å². The van der Waals surface area contributed by atoms with E-state index in [2.05, 4.69) is 8.83 Å². The number of rotatable bonds is 6. The average molecular weight is 292 g/mol. The second kappa shape index (κ2) is 8.01. The van der Waals surface area contributed by atoms with E-state index in [1.807, 2.05) is 0 Å². The molecule has 9 nitrogen and oxygen atoms in total. The van der Waals surface area contributed by atoms with Crippen molar-refractivity contribution in [1.29, 1.82) is 0 Å². The van der Waals surface area contributed by atoms with Crippen molar-refractivity contribution >= 4 is 67.0 Å². The summed E-state index contributed by atoms with van der Waals surface area (Å²) < 4.78 is 28.1. The van der Waals surface area contributed by atoms with Crippen LogP contribution in [0.1, 0.15) is 0 Å². The third kappa shape index (κ3) is 12.1. The molecule has 0 fully saturated rings. The zero-order valence-electron chi connectivity index (χ0n) is 6.76. The monoisotopic (exact) mass is 292 g/mol. The molecule has 0 radical (unpaired) electrons. The molecule has 0 amide bonds. The Morgan fingerprint density at radius 3 is 2.00 bits per heavy atom. The fraction of sp³-hybridized carbons (Fsp3) is 1.00. The first-order valence-corrected chi connectivity index (χ1v) is 6.22. The molecule has 0 aliphatic carbocycles. The molecule has 88 valence electrons. The zero-order chi connectivity index (χ0) is 11.4. The second-order valence-electron chi connectivity index (χ2n) is 2.17. The van der Waals surface area contributed by atoms with Gasteiger partial charge in [0.15, 0.2) is 0 Å². The first-order valence-electron chi connectivity index (χ1n) is 3.19. The zero-order valence-corrected chi connectivity index (χ0v) is 8.54. The van der Waals surface area contributed by atoms with Crippen LogP contribution in [-0.4, -0.2) is 95.6 Å². The van der Waals surface area contributed by atoms with Gasteiger partial charge in [-0.15, -0.1) is 0 Å². The van der Waals surface area contributed by atoms with Crippen LogP contribution >= 0.6 is 15.6 Å². The van der Waals surface area contributed by atoms with Gasteiger partial charge in [0.05, 0.1) is 13.2 Å². The van der Waals surface area contributed by atoms with Gasteiger partial charge in [-0.3, -0.25) is 4.52 Å². The van der Waals surface area contributed by atoms with Gasteiger partial charge in [-0.2, -0.15) is 4.31 Å². The Morgan fingerprint density at radius 2 is 1.67 bits per heavy atom. The van der Waals surface area contributed by atoms with E-state index in [1.165, 1.54) is 0 Å². The van der Waals surface area contributed by atoms with Gasteiger partial charge in [-0.05, 0) is 0 Å². The van der Waals surface area contributed by atoms with Crippen molar-refractivity contribution in [2.24, 2.45) is 0 Å². The van der Waals surface area contributed by atoms with Crippen LogP contribution in [0.5, 0.6) is 0 Å². The maximum absolute atomic E-state index is 10.7. The van der Waals surface area contributed by atoms with Crippen LogP contribution in [0.3, 0.4) is 0 Å². The number of phosphoric acid groups is 2. The number of aliphatic hydroxyl groups excluding tert-OH is 2. The molecule has 0 aliphatic heterocycles. The fourth-order valence-electron chi connectivity index (χ4n) is 0.391. The summed E-state index contributed by atoms with van der Waals surface area (Å²) in [6.45, 7) is -1.51. The minimum atomic E-state index is -5.14. The SMILES string of the molecule is O=P(O)(O)OP(=O)(O)OCC(O)CO.[KH]. The molecule has 15 heavy (non-hydrogen) atoms. The van der Waals surface area contributed by atoms with E-state index >= 15 is 0 Å². The summed E-state index contributed by atoms with van der Waals surface area (Å²) >= 11 is 0. The van der Waals surface area contributed by atoms with Crippen LogP contribution in [-0.2, 0) is 18.0 Å². The number of aliphatic hydroxyl groups is 2. The van der Waals surface area contributed by atoms with Crippen molar-refractivity contribution in [2.45, 2.75) is 6.10 Å². The Bertz CT molecular complexity index is 262. The average Bonchev–Trinajstić information content (AvgIpc) is 1.96. The van der Waals surface area contributed by atoms with Crippen molar-refractivity contribution in [3.8, 4) is 0 Å². The summed E-state index contributed by atoms with van der Waals surface area (Å²) in [6, 6.07) is 0. The molecule has 12 heteroatoms. The Balaban J connectivity index is 0. The third-order valence-electron chi connectivity index (χ3n) is 0.850. The van der Waals surface area contributed by atoms with Gasteiger partial charge in [0, 0.05) is 0 Å². The van der Waals surface area contributed by atoms with Crippen molar-refractivity contribution in [2.75, 3.05) is 13.2 Å². The topological polar surface area (TPSA) is 154 Å². The van der Waals surface area contributed by atoms with Gasteiger partial charge < -0.3 is 24.9 Å². The molecule has 0 aromatic carbocycles. The van der Waals surface area contributed by atoms with Gasteiger partial charge in [-0.25, -0.2) is 9.13 Å². The summed E-state index contributed by atoms with van der Waals surface area (Å²) in [6.07, 6.45) is -1.43. The summed E-state index contributed by atoms with van der Waals surface area (Å²) in [5, 5.41) is 16.9. The Morgan fingerprint density at radius 1 is 1.20 bits per heavy atom. The molecular weight excluding hydrogens is 281 g/mol. The van der Waals surface area contributed by atoms with Crippen LogP contribution in [0.4, 0.5) is 0 Å². The van der Waals surface area contributed by atoms with Crippen LogP contribution in [0, 0.1) is 0 Å². The normalized spacial score (nSPS) is 17.7. The summed E-state index contributed by atoms with van der Waals surface area (Å²) in [5.74, 6) is 0. The molecule has 2 atom stereocenters. The van der Waals surface area contributed by atoms with Crippen molar-refractivity contribution in [3.05, 3.63) is 0 Å². The number of phosphoric ester groups is 1. The first kappa shape index (κ1) is 19.2. The van der Waals surface area contributed by atoms with E-state index in [9.17, 15) is 9.13 Å². The Kier molecular flexibility index (Phi) is 10.2. The molecule has 2 unspecified atom stereocenters. The minimum absolute atomic E-state index is 0. The third-order valence-corrected chi connectivity index (χ3v) is 3.00. The van der Waals surface area contributed by atoms with Gasteiger partial charge in [0.1, 0.15) is 6.10 Å². The van der Waals surface area contributed by atoms with Crippen LogP contribution < -0.4 is 0 Å². The van der Waals surface area contributed by atoms with Crippen LogP contribution in [0.25, 0.3) is 0 Å². The fourth-order valence-corrected chi connectivity index (χ4v) is 2.02. The van der Waals surface area contributed by atoms with E-state index in [0.29, 0.717) is 0 Å². The Labute approximate surface area is 128 Å².